The quantitative estimate of drug-likeness (QED) is 0.759. The minimum atomic E-state index is 0. The molecular formula is C10H22ClNO2. The van der Waals surface area contributed by atoms with Crippen LogP contribution in [-0.4, -0.2) is 50.0 Å². The lowest BCUT2D eigenvalue weighted by atomic mass is 9.94. The topological polar surface area (TPSA) is 32.7 Å². The normalized spacial score (nSPS) is 19.3. The van der Waals surface area contributed by atoms with Crippen molar-refractivity contribution in [3.8, 4) is 0 Å². The van der Waals surface area contributed by atoms with Crippen molar-refractivity contribution in [1.29, 1.82) is 0 Å². The zero-order valence-corrected chi connectivity index (χ0v) is 9.76. The number of rotatable bonds is 5. The summed E-state index contributed by atoms with van der Waals surface area (Å²) >= 11 is 0. The Morgan fingerprint density at radius 2 is 2.00 bits per heavy atom. The number of methoxy groups -OCH3 is 1. The van der Waals surface area contributed by atoms with Gasteiger partial charge in [0.1, 0.15) is 0 Å². The summed E-state index contributed by atoms with van der Waals surface area (Å²) in [4.78, 5) is 2.44. The molecule has 0 aromatic rings. The highest BCUT2D eigenvalue weighted by molar-refractivity contribution is 5.85. The summed E-state index contributed by atoms with van der Waals surface area (Å²) in [6.07, 6.45) is 3.46. The molecule has 0 aromatic carbocycles. The summed E-state index contributed by atoms with van der Waals surface area (Å²) in [5, 5.41) is 8.79. The van der Waals surface area contributed by atoms with E-state index >= 15 is 0 Å². The van der Waals surface area contributed by atoms with Gasteiger partial charge in [-0.1, -0.05) is 0 Å². The summed E-state index contributed by atoms with van der Waals surface area (Å²) in [7, 11) is 1.75. The molecule has 14 heavy (non-hydrogen) atoms. The third-order valence-electron chi connectivity index (χ3n) is 2.86. The van der Waals surface area contributed by atoms with Gasteiger partial charge in [0, 0.05) is 20.3 Å². The lowest BCUT2D eigenvalue weighted by Crippen LogP contribution is -2.36. The Morgan fingerprint density at radius 1 is 1.36 bits per heavy atom. The average molecular weight is 224 g/mol. The Hall–Kier alpha value is 0.170. The maximum Gasteiger partial charge on any atom is 0.0589 e. The van der Waals surface area contributed by atoms with Gasteiger partial charge in [0.25, 0.3) is 0 Å². The molecule has 0 atom stereocenters. The third-order valence-corrected chi connectivity index (χ3v) is 2.86. The highest BCUT2D eigenvalue weighted by atomic mass is 35.5. The lowest BCUT2D eigenvalue weighted by molar-refractivity contribution is 0.112. The molecule has 86 valence electrons. The molecule has 0 saturated carbocycles. The number of aliphatic hydroxyl groups excluding tert-OH is 1. The summed E-state index contributed by atoms with van der Waals surface area (Å²) in [5.74, 6) is 0.754. The van der Waals surface area contributed by atoms with Crippen molar-refractivity contribution in [3.63, 3.8) is 0 Å². The molecule has 3 nitrogen and oxygen atoms in total. The SMILES string of the molecule is COCCN1CCC(CCO)CC1.Cl. The minimum absolute atomic E-state index is 0. The van der Waals surface area contributed by atoms with Crippen molar-refractivity contribution >= 4 is 12.4 Å². The fourth-order valence-corrected chi connectivity index (χ4v) is 1.90. The molecule has 1 heterocycles. The van der Waals surface area contributed by atoms with Gasteiger partial charge >= 0.3 is 0 Å². The van der Waals surface area contributed by atoms with E-state index < -0.39 is 0 Å². The van der Waals surface area contributed by atoms with E-state index in [0.717, 1.165) is 25.5 Å². The highest BCUT2D eigenvalue weighted by Crippen LogP contribution is 2.19. The second-order valence-electron chi connectivity index (χ2n) is 3.79. The van der Waals surface area contributed by atoms with Crippen molar-refractivity contribution in [1.82, 2.24) is 4.90 Å². The van der Waals surface area contributed by atoms with Gasteiger partial charge in [0.05, 0.1) is 6.61 Å². The second kappa shape index (κ2) is 8.48. The molecule has 1 aliphatic rings. The van der Waals surface area contributed by atoms with E-state index in [0.29, 0.717) is 6.61 Å². The molecule has 1 rings (SSSR count). The summed E-state index contributed by atoms with van der Waals surface area (Å²) in [5.41, 5.74) is 0. The summed E-state index contributed by atoms with van der Waals surface area (Å²) in [6, 6.07) is 0. The van der Waals surface area contributed by atoms with Crippen molar-refractivity contribution < 1.29 is 9.84 Å². The maximum absolute atomic E-state index is 8.79. The number of aliphatic hydroxyl groups is 1. The van der Waals surface area contributed by atoms with Crippen LogP contribution in [0.3, 0.4) is 0 Å². The van der Waals surface area contributed by atoms with Gasteiger partial charge in [-0.05, 0) is 38.3 Å². The molecule has 0 bridgehead atoms. The van der Waals surface area contributed by atoms with Gasteiger partial charge in [-0.3, -0.25) is 0 Å². The molecule has 0 amide bonds. The molecule has 1 fully saturated rings. The average Bonchev–Trinajstić information content (AvgIpc) is 2.17. The fraction of sp³-hybridized carbons (Fsp3) is 1.00. The molecule has 4 heteroatoms. The molecular weight excluding hydrogens is 202 g/mol. The monoisotopic (exact) mass is 223 g/mol. The van der Waals surface area contributed by atoms with Crippen LogP contribution in [0.15, 0.2) is 0 Å². The number of likely N-dealkylation sites (tertiary alicyclic amines) is 1. The molecule has 0 aromatic heterocycles. The standard InChI is InChI=1S/C10H21NO2.ClH/c1-13-9-7-11-5-2-10(3-6-11)4-8-12;/h10,12H,2-9H2,1H3;1H. The predicted molar refractivity (Wildman–Crippen MR) is 60.0 cm³/mol. The van der Waals surface area contributed by atoms with Crippen LogP contribution in [0.4, 0.5) is 0 Å². The Morgan fingerprint density at radius 3 is 2.50 bits per heavy atom. The second-order valence-corrected chi connectivity index (χ2v) is 3.79. The first-order chi connectivity index (χ1) is 6.36. The molecule has 1 aliphatic heterocycles. The van der Waals surface area contributed by atoms with E-state index in [1.165, 1.54) is 25.9 Å². The largest absolute Gasteiger partial charge is 0.396 e. The van der Waals surface area contributed by atoms with E-state index in [1.807, 2.05) is 0 Å². The molecule has 0 unspecified atom stereocenters. The first-order valence-electron chi connectivity index (χ1n) is 5.19. The number of piperidine rings is 1. The van der Waals surface area contributed by atoms with Gasteiger partial charge in [-0.25, -0.2) is 0 Å². The van der Waals surface area contributed by atoms with Crippen LogP contribution in [0.1, 0.15) is 19.3 Å². The molecule has 1 saturated heterocycles. The van der Waals surface area contributed by atoms with E-state index in [4.69, 9.17) is 9.84 Å². The zero-order chi connectivity index (χ0) is 9.52. The van der Waals surface area contributed by atoms with Gasteiger partial charge in [-0.2, -0.15) is 0 Å². The van der Waals surface area contributed by atoms with E-state index in [-0.39, 0.29) is 12.4 Å². The lowest BCUT2D eigenvalue weighted by Gasteiger charge is -2.31. The first kappa shape index (κ1) is 14.2. The number of nitrogens with zero attached hydrogens (tertiary/aromatic N) is 1. The van der Waals surface area contributed by atoms with Crippen molar-refractivity contribution in [3.05, 3.63) is 0 Å². The smallest absolute Gasteiger partial charge is 0.0589 e. The van der Waals surface area contributed by atoms with Crippen LogP contribution in [0.5, 0.6) is 0 Å². The Balaban J connectivity index is 0.00000169. The number of halogens is 1. The van der Waals surface area contributed by atoms with Gasteiger partial charge in [0.15, 0.2) is 0 Å². The first-order valence-corrected chi connectivity index (χ1v) is 5.19. The van der Waals surface area contributed by atoms with E-state index in [2.05, 4.69) is 4.90 Å². The van der Waals surface area contributed by atoms with Crippen LogP contribution in [0.25, 0.3) is 0 Å². The molecule has 1 N–H and O–H groups in total. The van der Waals surface area contributed by atoms with Crippen molar-refractivity contribution in [2.45, 2.75) is 19.3 Å². The number of ether oxygens (including phenoxy) is 1. The molecule has 0 spiro atoms. The van der Waals surface area contributed by atoms with Gasteiger partial charge < -0.3 is 14.7 Å². The van der Waals surface area contributed by atoms with Crippen LogP contribution in [0.2, 0.25) is 0 Å². The Kier molecular flexibility index (Phi) is 8.58. The highest BCUT2D eigenvalue weighted by Gasteiger charge is 2.17. The minimum Gasteiger partial charge on any atom is -0.396 e. The third kappa shape index (κ3) is 5.15. The summed E-state index contributed by atoms with van der Waals surface area (Å²) < 4.78 is 5.04. The predicted octanol–water partition coefficient (Wildman–Crippen LogP) is 1.15. The van der Waals surface area contributed by atoms with Crippen molar-refractivity contribution in [2.24, 2.45) is 5.92 Å². The Bertz CT molecular complexity index is 127. The van der Waals surface area contributed by atoms with Gasteiger partial charge in [0.2, 0.25) is 0 Å². The number of hydrogen-bond acceptors (Lipinski definition) is 3. The van der Waals surface area contributed by atoms with E-state index in [9.17, 15) is 0 Å². The van der Waals surface area contributed by atoms with E-state index in [1.54, 1.807) is 7.11 Å². The molecule has 0 aliphatic carbocycles. The zero-order valence-electron chi connectivity index (χ0n) is 8.95. The maximum atomic E-state index is 8.79. The molecule has 0 radical (unpaired) electrons. The van der Waals surface area contributed by atoms with Crippen LogP contribution in [0, 0.1) is 5.92 Å². The van der Waals surface area contributed by atoms with Crippen LogP contribution in [-0.2, 0) is 4.74 Å². The number of hydrogen-bond donors (Lipinski definition) is 1. The fourth-order valence-electron chi connectivity index (χ4n) is 1.90. The summed E-state index contributed by atoms with van der Waals surface area (Å²) in [6.45, 7) is 4.60. The van der Waals surface area contributed by atoms with Crippen molar-refractivity contribution in [2.75, 3.05) is 40.0 Å². The van der Waals surface area contributed by atoms with Crippen LogP contribution < -0.4 is 0 Å². The van der Waals surface area contributed by atoms with Crippen LogP contribution >= 0.6 is 12.4 Å². The van der Waals surface area contributed by atoms with Gasteiger partial charge in [-0.15, -0.1) is 12.4 Å². The Labute approximate surface area is 92.8 Å².